The zero-order chi connectivity index (χ0) is 21.6. The highest BCUT2D eigenvalue weighted by Crippen LogP contribution is 2.26. The number of aromatic amines is 1. The number of rotatable bonds is 7. The molecule has 156 valence electrons. The topological polar surface area (TPSA) is 67.0 Å². The van der Waals surface area contributed by atoms with Gasteiger partial charge in [-0.1, -0.05) is 60.7 Å². The van der Waals surface area contributed by atoms with E-state index in [1.807, 2.05) is 54.6 Å². The third-order valence-corrected chi connectivity index (χ3v) is 4.62. The van der Waals surface area contributed by atoms with Crippen molar-refractivity contribution in [1.82, 2.24) is 15.3 Å². The van der Waals surface area contributed by atoms with Crippen LogP contribution in [-0.2, 0) is 11.3 Å². The number of fused-ring (bicyclic) bond motifs is 1. The Bertz CT molecular complexity index is 1190. The number of hydrogen-bond acceptors (Lipinski definition) is 3. The van der Waals surface area contributed by atoms with Crippen molar-refractivity contribution in [3.63, 3.8) is 0 Å². The molecule has 7 heteroatoms. The van der Waals surface area contributed by atoms with Gasteiger partial charge in [-0.25, -0.2) is 4.98 Å². The van der Waals surface area contributed by atoms with Gasteiger partial charge in [-0.15, -0.1) is 0 Å². The maximum Gasteiger partial charge on any atom is 0.387 e. The van der Waals surface area contributed by atoms with E-state index in [0.29, 0.717) is 23.4 Å². The standard InChI is InChI=1S/C24H19F2N3O2/c25-24(26)31-21-13-7-4-10-17(21)14-18(22-28-19-11-5-6-12-20(19)29-22)23(30)27-15-16-8-2-1-3-9-16/h1-14,24H,15H2,(H,27,30)(H,28,29)/b18-14+. The van der Waals surface area contributed by atoms with E-state index >= 15 is 0 Å². The van der Waals surface area contributed by atoms with Crippen molar-refractivity contribution in [3.05, 3.63) is 95.8 Å². The summed E-state index contributed by atoms with van der Waals surface area (Å²) in [6.07, 6.45) is 1.50. The fraction of sp³-hybridized carbons (Fsp3) is 0.0833. The number of para-hydroxylation sites is 3. The number of imidazole rings is 1. The molecular formula is C24H19F2N3O2. The molecule has 0 aliphatic rings. The van der Waals surface area contributed by atoms with Gasteiger partial charge >= 0.3 is 6.61 Å². The zero-order valence-electron chi connectivity index (χ0n) is 16.4. The Morgan fingerprint density at radius 1 is 1.00 bits per heavy atom. The van der Waals surface area contributed by atoms with Gasteiger partial charge in [0.2, 0.25) is 0 Å². The molecule has 3 aromatic carbocycles. The highest BCUT2D eigenvalue weighted by atomic mass is 19.3. The second-order valence-corrected chi connectivity index (χ2v) is 6.75. The van der Waals surface area contributed by atoms with Gasteiger partial charge in [0.1, 0.15) is 11.6 Å². The van der Waals surface area contributed by atoms with Crippen LogP contribution < -0.4 is 10.1 Å². The quantitative estimate of drug-likeness (QED) is 0.413. The Labute approximate surface area is 177 Å². The molecule has 2 N–H and O–H groups in total. The van der Waals surface area contributed by atoms with Gasteiger partial charge in [-0.3, -0.25) is 4.79 Å². The van der Waals surface area contributed by atoms with Crippen LogP contribution in [0.1, 0.15) is 17.0 Å². The van der Waals surface area contributed by atoms with Crippen molar-refractivity contribution in [2.45, 2.75) is 13.2 Å². The molecule has 0 radical (unpaired) electrons. The lowest BCUT2D eigenvalue weighted by molar-refractivity contribution is -0.115. The van der Waals surface area contributed by atoms with Crippen LogP contribution in [0.2, 0.25) is 0 Å². The van der Waals surface area contributed by atoms with Crippen LogP contribution in [0.15, 0.2) is 78.9 Å². The highest BCUT2D eigenvalue weighted by molar-refractivity contribution is 6.23. The molecule has 0 fully saturated rings. The fourth-order valence-corrected chi connectivity index (χ4v) is 3.15. The molecule has 5 nitrogen and oxygen atoms in total. The Morgan fingerprint density at radius 3 is 2.48 bits per heavy atom. The Balaban J connectivity index is 1.72. The molecule has 0 bridgehead atoms. The van der Waals surface area contributed by atoms with Crippen molar-refractivity contribution in [2.75, 3.05) is 0 Å². The van der Waals surface area contributed by atoms with E-state index in [1.165, 1.54) is 12.1 Å². The molecule has 0 spiro atoms. The summed E-state index contributed by atoms with van der Waals surface area (Å²) in [5.41, 5.74) is 2.93. The van der Waals surface area contributed by atoms with Crippen LogP contribution in [0.25, 0.3) is 22.7 Å². The summed E-state index contributed by atoms with van der Waals surface area (Å²) in [7, 11) is 0. The van der Waals surface area contributed by atoms with Crippen LogP contribution >= 0.6 is 0 Å². The SMILES string of the molecule is O=C(NCc1ccccc1)/C(=C/c1ccccc1OC(F)F)c1nc2ccccc2[nH]1. The third kappa shape index (κ3) is 4.95. The molecule has 1 aromatic heterocycles. The molecule has 0 aliphatic heterocycles. The van der Waals surface area contributed by atoms with Crippen molar-refractivity contribution < 1.29 is 18.3 Å². The van der Waals surface area contributed by atoms with Crippen LogP contribution in [0.4, 0.5) is 8.78 Å². The maximum atomic E-state index is 13.1. The number of amides is 1. The summed E-state index contributed by atoms with van der Waals surface area (Å²) in [5, 5.41) is 2.87. The number of ether oxygens (including phenoxy) is 1. The summed E-state index contributed by atoms with van der Waals surface area (Å²) in [6, 6.07) is 23.1. The van der Waals surface area contributed by atoms with Gasteiger partial charge in [-0.2, -0.15) is 8.78 Å². The zero-order valence-corrected chi connectivity index (χ0v) is 16.4. The predicted octanol–water partition coefficient (Wildman–Crippen LogP) is 5.02. The number of hydrogen-bond donors (Lipinski definition) is 2. The van der Waals surface area contributed by atoms with Gasteiger partial charge in [0.15, 0.2) is 0 Å². The minimum Gasteiger partial charge on any atom is -0.434 e. The highest BCUT2D eigenvalue weighted by Gasteiger charge is 2.18. The molecule has 4 aromatic rings. The Kier molecular flexibility index (Phi) is 6.03. The van der Waals surface area contributed by atoms with Gasteiger partial charge < -0.3 is 15.0 Å². The first-order chi connectivity index (χ1) is 15.1. The molecule has 0 saturated heterocycles. The van der Waals surface area contributed by atoms with Crippen molar-refractivity contribution in [2.24, 2.45) is 0 Å². The number of benzene rings is 3. The average molecular weight is 419 g/mol. The molecule has 1 heterocycles. The van der Waals surface area contributed by atoms with Crippen molar-refractivity contribution >= 4 is 28.6 Å². The number of alkyl halides is 2. The van der Waals surface area contributed by atoms with Crippen molar-refractivity contribution in [1.29, 1.82) is 0 Å². The molecule has 0 saturated carbocycles. The number of halogens is 2. The Morgan fingerprint density at radius 2 is 1.71 bits per heavy atom. The minimum absolute atomic E-state index is 0.0260. The fourth-order valence-electron chi connectivity index (χ4n) is 3.15. The lowest BCUT2D eigenvalue weighted by Crippen LogP contribution is -2.24. The van der Waals surface area contributed by atoms with Gasteiger partial charge in [0.25, 0.3) is 5.91 Å². The van der Waals surface area contributed by atoms with E-state index in [0.717, 1.165) is 11.1 Å². The van der Waals surface area contributed by atoms with Crippen molar-refractivity contribution in [3.8, 4) is 5.75 Å². The number of carbonyl (C=O) groups is 1. The van der Waals surface area contributed by atoms with E-state index in [9.17, 15) is 13.6 Å². The third-order valence-electron chi connectivity index (χ3n) is 4.62. The molecule has 0 aliphatic carbocycles. The van der Waals surface area contributed by atoms with E-state index in [-0.39, 0.29) is 11.3 Å². The summed E-state index contributed by atoms with van der Waals surface area (Å²) in [6.45, 7) is -2.66. The number of carbonyl (C=O) groups excluding carboxylic acids is 1. The number of nitrogens with one attached hydrogen (secondary N) is 2. The van der Waals surface area contributed by atoms with E-state index in [2.05, 4.69) is 20.0 Å². The van der Waals surface area contributed by atoms with Crippen LogP contribution in [-0.4, -0.2) is 22.5 Å². The molecule has 4 rings (SSSR count). The lowest BCUT2D eigenvalue weighted by atomic mass is 10.1. The van der Waals surface area contributed by atoms with E-state index in [1.54, 1.807) is 18.2 Å². The first kappa shape index (κ1) is 20.3. The predicted molar refractivity (Wildman–Crippen MR) is 115 cm³/mol. The molecule has 1 amide bonds. The first-order valence-corrected chi connectivity index (χ1v) is 9.63. The number of aromatic nitrogens is 2. The van der Waals surface area contributed by atoms with Crippen LogP contribution in [0.5, 0.6) is 5.75 Å². The smallest absolute Gasteiger partial charge is 0.387 e. The monoisotopic (exact) mass is 419 g/mol. The van der Waals surface area contributed by atoms with Gasteiger partial charge in [0.05, 0.1) is 16.6 Å². The number of nitrogens with zero attached hydrogens (tertiary/aromatic N) is 1. The molecule has 31 heavy (non-hydrogen) atoms. The van der Waals surface area contributed by atoms with Gasteiger partial charge in [-0.05, 0) is 29.8 Å². The maximum absolute atomic E-state index is 13.1. The molecular weight excluding hydrogens is 400 g/mol. The minimum atomic E-state index is -2.98. The van der Waals surface area contributed by atoms with E-state index < -0.39 is 12.5 Å². The summed E-state index contributed by atoms with van der Waals surface area (Å²) < 4.78 is 30.3. The second-order valence-electron chi connectivity index (χ2n) is 6.75. The summed E-state index contributed by atoms with van der Waals surface area (Å²) in [4.78, 5) is 20.7. The number of H-pyrrole nitrogens is 1. The van der Waals surface area contributed by atoms with Crippen LogP contribution in [0.3, 0.4) is 0 Å². The summed E-state index contributed by atoms with van der Waals surface area (Å²) in [5.74, 6) is -0.0876. The molecule has 0 unspecified atom stereocenters. The lowest BCUT2D eigenvalue weighted by Gasteiger charge is -2.10. The van der Waals surface area contributed by atoms with Crippen LogP contribution in [0, 0.1) is 0 Å². The Hall–Kier alpha value is -4.00. The first-order valence-electron chi connectivity index (χ1n) is 9.63. The molecule has 0 atom stereocenters. The van der Waals surface area contributed by atoms with Gasteiger partial charge in [0, 0.05) is 12.1 Å². The summed E-state index contributed by atoms with van der Waals surface area (Å²) >= 11 is 0. The second kappa shape index (κ2) is 9.21. The van der Waals surface area contributed by atoms with E-state index in [4.69, 9.17) is 0 Å². The largest absolute Gasteiger partial charge is 0.434 e. The average Bonchev–Trinajstić information content (AvgIpc) is 3.21. The normalized spacial score (nSPS) is 11.6.